The minimum Gasteiger partial charge on any atom is -0.455 e. The van der Waals surface area contributed by atoms with Gasteiger partial charge < -0.3 is 14.5 Å². The second kappa shape index (κ2) is 9.62. The second-order valence-electron chi connectivity index (χ2n) is 7.20. The summed E-state index contributed by atoms with van der Waals surface area (Å²) in [6.45, 7) is 2.02. The number of aromatic nitrogens is 1. The van der Waals surface area contributed by atoms with Crippen molar-refractivity contribution in [2.75, 3.05) is 26.2 Å². The van der Waals surface area contributed by atoms with Crippen LogP contribution in [0.2, 0.25) is 5.02 Å². The average molecular weight is 436 g/mol. The van der Waals surface area contributed by atoms with Crippen molar-refractivity contribution in [3.8, 4) is 11.5 Å². The van der Waals surface area contributed by atoms with Crippen molar-refractivity contribution in [1.82, 2.24) is 14.8 Å². The zero-order chi connectivity index (χ0) is 21.6. The topological polar surface area (TPSA) is 62.7 Å². The van der Waals surface area contributed by atoms with Crippen LogP contribution in [0.1, 0.15) is 27.1 Å². The van der Waals surface area contributed by atoms with E-state index in [-0.39, 0.29) is 11.8 Å². The summed E-state index contributed by atoms with van der Waals surface area (Å²) in [6, 6.07) is 17.8. The highest BCUT2D eigenvalue weighted by Crippen LogP contribution is 2.26. The summed E-state index contributed by atoms with van der Waals surface area (Å²) in [5.41, 5.74) is 0.969. The molecule has 0 unspecified atom stereocenters. The predicted molar refractivity (Wildman–Crippen MR) is 119 cm³/mol. The molecule has 2 aromatic carbocycles. The fourth-order valence-electron chi connectivity index (χ4n) is 3.57. The van der Waals surface area contributed by atoms with Crippen LogP contribution in [-0.4, -0.2) is 52.8 Å². The number of ether oxygens (including phenoxy) is 1. The minimum absolute atomic E-state index is 0.111. The lowest BCUT2D eigenvalue weighted by molar-refractivity contribution is 0.0717. The Kier molecular flexibility index (Phi) is 6.48. The fraction of sp³-hybridized carbons (Fsp3) is 0.208. The molecule has 1 aliphatic heterocycles. The lowest BCUT2D eigenvalue weighted by Gasteiger charge is -2.23. The van der Waals surface area contributed by atoms with E-state index >= 15 is 0 Å². The van der Waals surface area contributed by atoms with E-state index < -0.39 is 0 Å². The Morgan fingerprint density at radius 3 is 2.13 bits per heavy atom. The molecule has 0 aliphatic carbocycles. The summed E-state index contributed by atoms with van der Waals surface area (Å²) in [7, 11) is 0. The molecule has 0 atom stereocenters. The quantitative estimate of drug-likeness (QED) is 0.604. The molecule has 1 aliphatic rings. The van der Waals surface area contributed by atoms with E-state index in [0.29, 0.717) is 60.2 Å². The number of para-hydroxylation sites is 1. The SMILES string of the molecule is O=C(c1ccccc1Cl)N1CCCN(C(=O)c2ccccc2Oc2cccnc2)CC1. The Hall–Kier alpha value is -3.38. The molecule has 0 spiro atoms. The van der Waals surface area contributed by atoms with Gasteiger partial charge in [0.2, 0.25) is 0 Å². The smallest absolute Gasteiger partial charge is 0.257 e. The van der Waals surface area contributed by atoms with Crippen LogP contribution < -0.4 is 4.74 Å². The highest BCUT2D eigenvalue weighted by atomic mass is 35.5. The van der Waals surface area contributed by atoms with Crippen LogP contribution in [0.4, 0.5) is 0 Å². The number of rotatable bonds is 4. The largest absolute Gasteiger partial charge is 0.455 e. The van der Waals surface area contributed by atoms with Crippen molar-refractivity contribution in [3.05, 3.63) is 89.2 Å². The van der Waals surface area contributed by atoms with Crippen LogP contribution in [0.25, 0.3) is 0 Å². The molecule has 1 aromatic heterocycles. The van der Waals surface area contributed by atoms with Gasteiger partial charge in [-0.05, 0) is 42.8 Å². The zero-order valence-corrected chi connectivity index (χ0v) is 17.7. The zero-order valence-electron chi connectivity index (χ0n) is 16.9. The number of amides is 2. The summed E-state index contributed by atoms with van der Waals surface area (Å²) in [5.74, 6) is 0.815. The number of benzene rings is 2. The first-order chi connectivity index (χ1) is 15.1. The number of carbonyl (C=O) groups excluding carboxylic acids is 2. The van der Waals surface area contributed by atoms with Crippen LogP contribution in [0.15, 0.2) is 73.1 Å². The van der Waals surface area contributed by atoms with E-state index in [2.05, 4.69) is 4.98 Å². The van der Waals surface area contributed by atoms with Crippen molar-refractivity contribution in [2.24, 2.45) is 0 Å². The highest BCUT2D eigenvalue weighted by Gasteiger charge is 2.26. The first-order valence-electron chi connectivity index (χ1n) is 10.1. The number of halogens is 1. The van der Waals surface area contributed by atoms with Gasteiger partial charge in [0.1, 0.15) is 11.5 Å². The highest BCUT2D eigenvalue weighted by molar-refractivity contribution is 6.33. The summed E-state index contributed by atoms with van der Waals surface area (Å²) in [6.07, 6.45) is 3.95. The molecule has 3 aromatic rings. The molecule has 6 nitrogen and oxygen atoms in total. The Labute approximate surface area is 186 Å². The number of hydrogen-bond acceptors (Lipinski definition) is 4. The third kappa shape index (κ3) is 4.86. The maximum Gasteiger partial charge on any atom is 0.257 e. The molecule has 0 saturated carbocycles. The maximum absolute atomic E-state index is 13.3. The Balaban J connectivity index is 1.47. The van der Waals surface area contributed by atoms with Crippen molar-refractivity contribution >= 4 is 23.4 Å². The molecule has 4 rings (SSSR count). The van der Waals surface area contributed by atoms with Gasteiger partial charge >= 0.3 is 0 Å². The van der Waals surface area contributed by atoms with Crippen molar-refractivity contribution in [1.29, 1.82) is 0 Å². The van der Waals surface area contributed by atoms with E-state index in [0.717, 1.165) is 0 Å². The van der Waals surface area contributed by atoms with Gasteiger partial charge in [-0.25, -0.2) is 0 Å². The molecule has 0 radical (unpaired) electrons. The molecule has 7 heteroatoms. The number of nitrogens with zero attached hydrogens (tertiary/aromatic N) is 3. The average Bonchev–Trinajstić information content (AvgIpc) is 3.06. The van der Waals surface area contributed by atoms with E-state index in [4.69, 9.17) is 16.3 Å². The van der Waals surface area contributed by atoms with Gasteiger partial charge in [-0.1, -0.05) is 35.9 Å². The van der Waals surface area contributed by atoms with Crippen molar-refractivity contribution < 1.29 is 14.3 Å². The molecule has 0 bridgehead atoms. The van der Waals surface area contributed by atoms with Gasteiger partial charge in [0.25, 0.3) is 11.8 Å². The fourth-order valence-corrected chi connectivity index (χ4v) is 3.78. The van der Waals surface area contributed by atoms with Crippen LogP contribution in [-0.2, 0) is 0 Å². The van der Waals surface area contributed by atoms with E-state index in [1.54, 1.807) is 70.7 Å². The molecular formula is C24H22ClN3O3. The summed E-state index contributed by atoms with van der Waals surface area (Å²) in [5, 5.41) is 0.436. The van der Waals surface area contributed by atoms with Gasteiger partial charge in [0.05, 0.1) is 22.3 Å². The summed E-state index contributed by atoms with van der Waals surface area (Å²) < 4.78 is 5.89. The first kappa shape index (κ1) is 20.9. The molecule has 31 heavy (non-hydrogen) atoms. The van der Waals surface area contributed by atoms with E-state index in [9.17, 15) is 9.59 Å². The second-order valence-corrected chi connectivity index (χ2v) is 7.61. The number of pyridine rings is 1. The van der Waals surface area contributed by atoms with Gasteiger partial charge in [0.15, 0.2) is 0 Å². The third-order valence-electron chi connectivity index (χ3n) is 5.15. The van der Waals surface area contributed by atoms with E-state index in [1.165, 1.54) is 0 Å². The molecule has 158 valence electrons. The monoisotopic (exact) mass is 435 g/mol. The van der Waals surface area contributed by atoms with Crippen LogP contribution in [0.5, 0.6) is 11.5 Å². The summed E-state index contributed by atoms with van der Waals surface area (Å²) >= 11 is 6.19. The Bertz CT molecular complexity index is 1070. The first-order valence-corrected chi connectivity index (χ1v) is 10.5. The molecule has 1 saturated heterocycles. The van der Waals surface area contributed by atoms with Crippen LogP contribution in [0, 0.1) is 0 Å². The third-order valence-corrected chi connectivity index (χ3v) is 5.48. The van der Waals surface area contributed by atoms with Gasteiger partial charge in [0, 0.05) is 32.4 Å². The minimum atomic E-state index is -0.119. The van der Waals surface area contributed by atoms with Crippen molar-refractivity contribution in [3.63, 3.8) is 0 Å². The van der Waals surface area contributed by atoms with Gasteiger partial charge in [-0.15, -0.1) is 0 Å². The number of hydrogen-bond donors (Lipinski definition) is 0. The Morgan fingerprint density at radius 2 is 1.45 bits per heavy atom. The predicted octanol–water partition coefficient (Wildman–Crippen LogP) is 4.52. The Morgan fingerprint density at radius 1 is 0.806 bits per heavy atom. The van der Waals surface area contributed by atoms with Gasteiger partial charge in [-0.3, -0.25) is 14.6 Å². The molecule has 2 amide bonds. The molecule has 0 N–H and O–H groups in total. The molecular weight excluding hydrogens is 414 g/mol. The number of carbonyl (C=O) groups is 2. The normalized spacial score (nSPS) is 14.1. The van der Waals surface area contributed by atoms with Crippen LogP contribution >= 0.6 is 11.6 Å². The van der Waals surface area contributed by atoms with Gasteiger partial charge in [-0.2, -0.15) is 0 Å². The lowest BCUT2D eigenvalue weighted by atomic mass is 10.1. The lowest BCUT2D eigenvalue weighted by Crippen LogP contribution is -2.37. The molecule has 2 heterocycles. The summed E-state index contributed by atoms with van der Waals surface area (Å²) in [4.78, 5) is 33.7. The standard InChI is InChI=1S/C24H22ClN3O3/c25-21-10-3-1-8-19(21)23(29)27-13-6-14-28(16-15-27)24(30)20-9-2-4-11-22(20)31-18-7-5-12-26-17-18/h1-5,7-12,17H,6,13-16H2. The van der Waals surface area contributed by atoms with Crippen LogP contribution in [0.3, 0.4) is 0 Å². The molecule has 1 fully saturated rings. The van der Waals surface area contributed by atoms with E-state index in [1.807, 2.05) is 12.1 Å². The maximum atomic E-state index is 13.3. The van der Waals surface area contributed by atoms with Crippen molar-refractivity contribution in [2.45, 2.75) is 6.42 Å².